The minimum atomic E-state index is -2.52. The first-order valence-corrected chi connectivity index (χ1v) is 10.8. The van der Waals surface area contributed by atoms with Gasteiger partial charge in [0.1, 0.15) is 5.75 Å². The Hall–Kier alpha value is -1.41. The number of anilines is 1. The predicted molar refractivity (Wildman–Crippen MR) is 99.0 cm³/mol. The van der Waals surface area contributed by atoms with Crippen LogP contribution in [0.15, 0.2) is 24.3 Å². The van der Waals surface area contributed by atoms with Crippen LogP contribution in [0.5, 0.6) is 5.75 Å². The predicted octanol–water partition coefficient (Wildman–Crippen LogP) is 3.24. The van der Waals surface area contributed by atoms with E-state index in [1.807, 2.05) is 29.2 Å². The number of carbonyl (C=O) groups is 1. The SMILES string of the molecule is CO[Si](CCCOc1ccc(N2CCCCCC2=O)cc1)(OC)OC. The molecule has 6 nitrogen and oxygen atoms in total. The lowest BCUT2D eigenvalue weighted by atomic mass is 10.2. The van der Waals surface area contributed by atoms with Crippen molar-refractivity contribution in [2.75, 3.05) is 39.4 Å². The summed E-state index contributed by atoms with van der Waals surface area (Å²) in [6, 6.07) is 8.45. The second kappa shape index (κ2) is 9.91. The summed E-state index contributed by atoms with van der Waals surface area (Å²) in [7, 11) is 2.32. The van der Waals surface area contributed by atoms with Crippen molar-refractivity contribution in [2.45, 2.75) is 38.1 Å². The summed E-state index contributed by atoms with van der Waals surface area (Å²) in [5.41, 5.74) is 0.948. The van der Waals surface area contributed by atoms with Gasteiger partial charge in [-0.15, -0.1) is 0 Å². The lowest BCUT2D eigenvalue weighted by molar-refractivity contribution is -0.118. The van der Waals surface area contributed by atoms with Crippen LogP contribution in [0.1, 0.15) is 32.1 Å². The highest BCUT2D eigenvalue weighted by atomic mass is 28.4. The first-order chi connectivity index (χ1) is 12.1. The van der Waals surface area contributed by atoms with Crippen molar-refractivity contribution < 1.29 is 22.8 Å². The maximum atomic E-state index is 12.2. The van der Waals surface area contributed by atoms with E-state index in [0.717, 1.165) is 43.7 Å². The van der Waals surface area contributed by atoms with Gasteiger partial charge in [-0.3, -0.25) is 4.79 Å². The van der Waals surface area contributed by atoms with Crippen molar-refractivity contribution in [3.63, 3.8) is 0 Å². The van der Waals surface area contributed by atoms with Crippen molar-refractivity contribution in [3.8, 4) is 5.75 Å². The Morgan fingerprint density at radius 1 is 1.00 bits per heavy atom. The van der Waals surface area contributed by atoms with Crippen LogP contribution >= 0.6 is 0 Å². The molecule has 1 saturated heterocycles. The van der Waals surface area contributed by atoms with Crippen LogP contribution in [0.2, 0.25) is 6.04 Å². The largest absolute Gasteiger partial charge is 0.500 e. The number of amides is 1. The van der Waals surface area contributed by atoms with Gasteiger partial charge in [-0.25, -0.2) is 0 Å². The van der Waals surface area contributed by atoms with Crippen LogP contribution < -0.4 is 9.64 Å². The molecule has 0 atom stereocenters. The van der Waals surface area contributed by atoms with Gasteiger partial charge in [0.05, 0.1) is 6.61 Å². The van der Waals surface area contributed by atoms with Crippen LogP contribution in [-0.4, -0.2) is 49.2 Å². The van der Waals surface area contributed by atoms with Crippen LogP contribution in [-0.2, 0) is 18.1 Å². The highest BCUT2D eigenvalue weighted by Gasteiger charge is 2.36. The summed E-state index contributed by atoms with van der Waals surface area (Å²) in [4.78, 5) is 14.0. The molecule has 25 heavy (non-hydrogen) atoms. The average Bonchev–Trinajstić information content (AvgIpc) is 2.87. The first kappa shape index (κ1) is 19.9. The molecule has 1 amide bonds. The third kappa shape index (κ3) is 5.54. The maximum absolute atomic E-state index is 12.2. The summed E-state index contributed by atoms with van der Waals surface area (Å²) < 4.78 is 22.0. The van der Waals surface area contributed by atoms with E-state index >= 15 is 0 Å². The number of ether oxygens (including phenoxy) is 1. The van der Waals surface area contributed by atoms with Crippen molar-refractivity contribution in [2.24, 2.45) is 0 Å². The molecule has 1 fully saturated rings. The number of hydrogen-bond donors (Lipinski definition) is 0. The number of hydrogen-bond acceptors (Lipinski definition) is 5. The van der Waals surface area contributed by atoms with Crippen molar-refractivity contribution in [1.29, 1.82) is 0 Å². The molecule has 0 spiro atoms. The molecule has 0 bridgehead atoms. The first-order valence-electron chi connectivity index (χ1n) is 8.83. The molecule has 0 radical (unpaired) electrons. The van der Waals surface area contributed by atoms with E-state index in [-0.39, 0.29) is 5.91 Å². The Kier molecular flexibility index (Phi) is 7.89. The molecule has 1 aliphatic rings. The third-order valence-corrected chi connectivity index (χ3v) is 7.38. The van der Waals surface area contributed by atoms with Crippen LogP contribution in [0.25, 0.3) is 0 Å². The van der Waals surface area contributed by atoms with Crippen molar-refractivity contribution >= 4 is 20.4 Å². The number of nitrogens with zero attached hydrogens (tertiary/aromatic N) is 1. The Morgan fingerprint density at radius 2 is 1.68 bits per heavy atom. The molecule has 2 rings (SSSR count). The van der Waals surface area contributed by atoms with Gasteiger partial charge in [0, 0.05) is 46.0 Å². The quantitative estimate of drug-likeness (QED) is 0.495. The molecule has 1 aromatic carbocycles. The summed E-state index contributed by atoms with van der Waals surface area (Å²) in [6.07, 6.45) is 4.61. The van der Waals surface area contributed by atoms with E-state index in [2.05, 4.69) is 0 Å². The molecule has 0 aliphatic carbocycles. The van der Waals surface area contributed by atoms with E-state index in [9.17, 15) is 4.79 Å². The fourth-order valence-corrected chi connectivity index (χ4v) is 4.70. The Balaban J connectivity index is 1.83. The van der Waals surface area contributed by atoms with Crippen molar-refractivity contribution in [1.82, 2.24) is 0 Å². The zero-order valence-corrected chi connectivity index (χ0v) is 16.5. The summed E-state index contributed by atoms with van der Waals surface area (Å²) in [5.74, 6) is 1.01. The minimum absolute atomic E-state index is 0.214. The molecule has 0 aromatic heterocycles. The smallest absolute Gasteiger partial charge is 0.494 e. The molecule has 0 N–H and O–H groups in total. The molecule has 0 saturated carbocycles. The highest BCUT2D eigenvalue weighted by molar-refractivity contribution is 6.60. The Morgan fingerprint density at radius 3 is 2.32 bits per heavy atom. The lowest BCUT2D eigenvalue weighted by Crippen LogP contribution is -2.42. The fourth-order valence-electron chi connectivity index (χ4n) is 3.01. The molecule has 1 aliphatic heterocycles. The van der Waals surface area contributed by atoms with Gasteiger partial charge in [-0.05, 0) is 43.5 Å². The Bertz CT molecular complexity index is 525. The molecule has 140 valence electrons. The zero-order valence-electron chi connectivity index (χ0n) is 15.5. The summed E-state index contributed by atoms with van der Waals surface area (Å²) in [5, 5.41) is 0. The van der Waals surface area contributed by atoms with Gasteiger partial charge in [-0.1, -0.05) is 6.42 Å². The molecule has 7 heteroatoms. The van der Waals surface area contributed by atoms with Crippen molar-refractivity contribution in [3.05, 3.63) is 24.3 Å². The number of rotatable bonds is 9. The molecule has 1 heterocycles. The van der Waals surface area contributed by atoms with E-state index in [1.54, 1.807) is 21.3 Å². The van der Waals surface area contributed by atoms with E-state index in [4.69, 9.17) is 18.0 Å². The van der Waals surface area contributed by atoms with Gasteiger partial charge in [0.2, 0.25) is 5.91 Å². The highest BCUT2D eigenvalue weighted by Crippen LogP contribution is 2.23. The maximum Gasteiger partial charge on any atom is 0.500 e. The molecule has 1 aromatic rings. The normalized spacial score (nSPS) is 16.0. The molecular weight excluding hydrogens is 338 g/mol. The van der Waals surface area contributed by atoms with Gasteiger partial charge >= 0.3 is 8.80 Å². The van der Waals surface area contributed by atoms with Gasteiger partial charge in [0.25, 0.3) is 0 Å². The zero-order chi connectivity index (χ0) is 18.1. The van der Waals surface area contributed by atoms with Gasteiger partial charge in [-0.2, -0.15) is 0 Å². The van der Waals surface area contributed by atoms with E-state index in [1.165, 1.54) is 0 Å². The summed E-state index contributed by atoms with van der Waals surface area (Å²) in [6.45, 7) is 1.36. The second-order valence-electron chi connectivity index (χ2n) is 6.10. The lowest BCUT2D eigenvalue weighted by Gasteiger charge is -2.24. The standard InChI is InChI=1S/C18H29NO5Si/c1-21-25(22-2,23-3)15-7-14-24-17-11-9-16(10-12-17)19-13-6-4-5-8-18(19)20/h9-12H,4-8,13-15H2,1-3H3. The monoisotopic (exact) mass is 367 g/mol. The molecular formula is C18H29NO5Si. The van der Waals surface area contributed by atoms with Crippen LogP contribution in [0.4, 0.5) is 5.69 Å². The van der Waals surface area contributed by atoms with E-state index < -0.39 is 8.80 Å². The second-order valence-corrected chi connectivity index (χ2v) is 9.19. The average molecular weight is 368 g/mol. The fraction of sp³-hybridized carbons (Fsp3) is 0.611. The van der Waals surface area contributed by atoms with E-state index in [0.29, 0.717) is 19.1 Å². The Labute approximate surface area is 151 Å². The summed E-state index contributed by atoms with van der Waals surface area (Å²) >= 11 is 0. The number of benzene rings is 1. The minimum Gasteiger partial charge on any atom is -0.494 e. The van der Waals surface area contributed by atoms with Crippen LogP contribution in [0.3, 0.4) is 0 Å². The van der Waals surface area contributed by atoms with Crippen LogP contribution in [0, 0.1) is 0 Å². The topological polar surface area (TPSA) is 57.2 Å². The van der Waals surface area contributed by atoms with Gasteiger partial charge < -0.3 is 22.9 Å². The molecule has 0 unspecified atom stereocenters. The van der Waals surface area contributed by atoms with Gasteiger partial charge in [0.15, 0.2) is 0 Å². The third-order valence-electron chi connectivity index (χ3n) is 4.55. The number of carbonyl (C=O) groups excluding carboxylic acids is 1.